The summed E-state index contributed by atoms with van der Waals surface area (Å²) in [6.45, 7) is -0.222. The molecule has 16 heavy (non-hydrogen) atoms. The van der Waals surface area contributed by atoms with Gasteiger partial charge in [0.25, 0.3) is 10.1 Å². The van der Waals surface area contributed by atoms with Gasteiger partial charge in [-0.3, -0.25) is 14.1 Å². The molecule has 0 aliphatic carbocycles. The number of rotatable bonds is 7. The first-order valence-electron chi connectivity index (χ1n) is 4.42. The molecule has 0 heterocycles. The van der Waals surface area contributed by atoms with Crippen LogP contribution in [-0.2, 0) is 19.7 Å². The number of carbonyl (C=O) groups excluding carboxylic acids is 1. The Kier molecular flexibility index (Phi) is 5.93. The topological polar surface area (TPSA) is 147 Å². The van der Waals surface area contributed by atoms with Gasteiger partial charge in [0.1, 0.15) is 6.04 Å². The van der Waals surface area contributed by atoms with Crippen LogP contribution < -0.4 is 11.1 Å². The van der Waals surface area contributed by atoms with Crippen molar-refractivity contribution in [2.45, 2.75) is 18.9 Å². The predicted octanol–water partition coefficient (Wildman–Crippen LogP) is -1.82. The summed E-state index contributed by atoms with van der Waals surface area (Å²) in [6, 6.07) is -1.12. The van der Waals surface area contributed by atoms with E-state index in [-0.39, 0.29) is 19.4 Å². The lowest BCUT2D eigenvalue weighted by Crippen LogP contribution is -2.34. The molecular weight excluding hydrogens is 240 g/mol. The molecular formula is C7H14N2O6S. The summed E-state index contributed by atoms with van der Waals surface area (Å²) in [5, 5.41) is 10.6. The third-order valence-corrected chi connectivity index (χ3v) is 2.40. The molecule has 0 rings (SSSR count). The Hall–Kier alpha value is -1.19. The largest absolute Gasteiger partial charge is 0.480 e. The predicted molar refractivity (Wildman–Crippen MR) is 54.3 cm³/mol. The second kappa shape index (κ2) is 6.40. The fourth-order valence-corrected chi connectivity index (χ4v) is 1.18. The van der Waals surface area contributed by atoms with Crippen molar-refractivity contribution in [1.29, 1.82) is 0 Å². The fourth-order valence-electron chi connectivity index (χ4n) is 0.818. The molecule has 1 atom stereocenters. The second-order valence-corrected chi connectivity index (χ2v) is 4.69. The van der Waals surface area contributed by atoms with E-state index >= 15 is 0 Å². The molecule has 0 saturated heterocycles. The van der Waals surface area contributed by atoms with Gasteiger partial charge in [-0.2, -0.15) is 8.42 Å². The molecule has 1 amide bonds. The number of hydrogen-bond acceptors (Lipinski definition) is 5. The highest BCUT2D eigenvalue weighted by Gasteiger charge is 2.13. The summed E-state index contributed by atoms with van der Waals surface area (Å²) in [5.74, 6) is -2.30. The summed E-state index contributed by atoms with van der Waals surface area (Å²) in [6.07, 6.45) is -0.147. The Morgan fingerprint density at radius 3 is 2.38 bits per heavy atom. The van der Waals surface area contributed by atoms with Gasteiger partial charge in [-0.15, -0.1) is 0 Å². The van der Waals surface area contributed by atoms with Crippen molar-refractivity contribution in [3.8, 4) is 0 Å². The third kappa shape index (κ3) is 8.15. The van der Waals surface area contributed by atoms with Gasteiger partial charge in [0.2, 0.25) is 5.91 Å². The van der Waals surface area contributed by atoms with Crippen molar-refractivity contribution >= 4 is 22.0 Å². The number of nitrogens with two attached hydrogens (primary N) is 1. The molecule has 0 unspecified atom stereocenters. The van der Waals surface area contributed by atoms with Gasteiger partial charge in [0.15, 0.2) is 0 Å². The van der Waals surface area contributed by atoms with E-state index in [9.17, 15) is 18.0 Å². The number of nitrogens with one attached hydrogen (secondary N) is 1. The van der Waals surface area contributed by atoms with Crippen molar-refractivity contribution in [2.24, 2.45) is 5.73 Å². The van der Waals surface area contributed by atoms with Crippen LogP contribution in [-0.4, -0.2) is 48.3 Å². The first-order chi connectivity index (χ1) is 7.22. The molecule has 0 aromatic heterocycles. The SMILES string of the molecule is N[C@H](CCC(=O)NCCS(=O)(=O)O)C(=O)O. The smallest absolute Gasteiger partial charge is 0.320 e. The molecule has 0 aliphatic heterocycles. The number of carboxylic acids is 1. The normalized spacial score (nSPS) is 13.1. The molecule has 0 saturated carbocycles. The van der Waals surface area contributed by atoms with E-state index < -0.39 is 33.8 Å². The second-order valence-electron chi connectivity index (χ2n) is 3.12. The molecule has 0 spiro atoms. The van der Waals surface area contributed by atoms with Crippen molar-refractivity contribution in [3.63, 3.8) is 0 Å². The van der Waals surface area contributed by atoms with E-state index in [0.29, 0.717) is 0 Å². The molecule has 9 heteroatoms. The Bertz CT molecular complexity index is 352. The van der Waals surface area contributed by atoms with Crippen LogP contribution in [0.25, 0.3) is 0 Å². The zero-order valence-electron chi connectivity index (χ0n) is 8.42. The van der Waals surface area contributed by atoms with Crippen LogP contribution >= 0.6 is 0 Å². The van der Waals surface area contributed by atoms with Crippen molar-refractivity contribution in [2.75, 3.05) is 12.3 Å². The molecule has 0 aromatic rings. The van der Waals surface area contributed by atoms with Gasteiger partial charge >= 0.3 is 5.97 Å². The zero-order chi connectivity index (χ0) is 12.8. The lowest BCUT2D eigenvalue weighted by atomic mass is 10.1. The van der Waals surface area contributed by atoms with E-state index in [1.165, 1.54) is 0 Å². The number of amides is 1. The van der Waals surface area contributed by atoms with E-state index in [1.54, 1.807) is 0 Å². The van der Waals surface area contributed by atoms with Gasteiger partial charge in [-0.1, -0.05) is 0 Å². The highest BCUT2D eigenvalue weighted by molar-refractivity contribution is 7.85. The Morgan fingerprint density at radius 1 is 1.38 bits per heavy atom. The summed E-state index contributed by atoms with van der Waals surface area (Å²) >= 11 is 0. The van der Waals surface area contributed by atoms with Crippen LogP contribution in [0.1, 0.15) is 12.8 Å². The maximum absolute atomic E-state index is 11.0. The molecule has 0 radical (unpaired) electrons. The van der Waals surface area contributed by atoms with Gasteiger partial charge in [-0.25, -0.2) is 0 Å². The highest BCUT2D eigenvalue weighted by atomic mass is 32.2. The molecule has 0 bridgehead atoms. The minimum Gasteiger partial charge on any atom is -0.480 e. The van der Waals surface area contributed by atoms with Gasteiger partial charge in [0.05, 0.1) is 5.75 Å². The number of hydrogen-bond donors (Lipinski definition) is 4. The van der Waals surface area contributed by atoms with E-state index in [0.717, 1.165) is 0 Å². The quantitative estimate of drug-likeness (QED) is 0.391. The standard InChI is InChI=1S/C7H14N2O6S/c8-5(7(11)12)1-2-6(10)9-3-4-16(13,14)15/h5H,1-4,8H2,(H,9,10)(H,11,12)(H,13,14,15)/t5-/m1/s1. The van der Waals surface area contributed by atoms with Crippen molar-refractivity contribution < 1.29 is 27.7 Å². The summed E-state index contributed by atoms with van der Waals surface area (Å²) in [7, 11) is -4.10. The maximum Gasteiger partial charge on any atom is 0.320 e. The molecule has 5 N–H and O–H groups in total. The first-order valence-corrected chi connectivity index (χ1v) is 6.03. The summed E-state index contributed by atoms with van der Waals surface area (Å²) < 4.78 is 28.9. The van der Waals surface area contributed by atoms with Crippen LogP contribution in [0.5, 0.6) is 0 Å². The lowest BCUT2D eigenvalue weighted by molar-refractivity contribution is -0.138. The summed E-state index contributed by atoms with van der Waals surface area (Å²) in [4.78, 5) is 21.3. The molecule has 0 aliphatic rings. The zero-order valence-corrected chi connectivity index (χ0v) is 9.24. The van der Waals surface area contributed by atoms with Crippen LogP contribution in [0.4, 0.5) is 0 Å². The maximum atomic E-state index is 11.0. The molecule has 0 aromatic carbocycles. The van der Waals surface area contributed by atoms with Crippen LogP contribution in [0.15, 0.2) is 0 Å². The number of carbonyl (C=O) groups is 2. The Labute approximate surface area is 92.6 Å². The Balaban J connectivity index is 3.72. The van der Waals surface area contributed by atoms with E-state index in [2.05, 4.69) is 5.32 Å². The van der Waals surface area contributed by atoms with Crippen molar-refractivity contribution in [3.05, 3.63) is 0 Å². The van der Waals surface area contributed by atoms with Gasteiger partial charge in [0, 0.05) is 13.0 Å². The minimum absolute atomic E-state index is 0.0347. The number of aliphatic carboxylic acids is 1. The Morgan fingerprint density at radius 2 is 1.94 bits per heavy atom. The van der Waals surface area contributed by atoms with E-state index in [4.69, 9.17) is 15.4 Å². The first kappa shape index (κ1) is 14.8. The monoisotopic (exact) mass is 254 g/mol. The van der Waals surface area contributed by atoms with Gasteiger partial charge < -0.3 is 16.2 Å². The molecule has 94 valence electrons. The number of carboxylic acid groups (broad SMARTS) is 1. The van der Waals surface area contributed by atoms with Crippen LogP contribution in [0.2, 0.25) is 0 Å². The summed E-state index contributed by atoms with van der Waals surface area (Å²) in [5.41, 5.74) is 5.15. The van der Waals surface area contributed by atoms with Crippen LogP contribution in [0, 0.1) is 0 Å². The van der Waals surface area contributed by atoms with Crippen molar-refractivity contribution in [1.82, 2.24) is 5.32 Å². The molecule has 8 nitrogen and oxygen atoms in total. The highest BCUT2D eigenvalue weighted by Crippen LogP contribution is 1.94. The van der Waals surface area contributed by atoms with Crippen LogP contribution in [0.3, 0.4) is 0 Å². The van der Waals surface area contributed by atoms with E-state index in [1.807, 2.05) is 0 Å². The molecule has 0 fully saturated rings. The minimum atomic E-state index is -4.10. The fraction of sp³-hybridized carbons (Fsp3) is 0.714. The average Bonchev–Trinajstić information content (AvgIpc) is 2.11. The lowest BCUT2D eigenvalue weighted by Gasteiger charge is -2.06. The average molecular weight is 254 g/mol. The van der Waals surface area contributed by atoms with Gasteiger partial charge in [-0.05, 0) is 6.42 Å². The third-order valence-electron chi connectivity index (χ3n) is 1.68.